The number of aromatic nitrogens is 1. The van der Waals surface area contributed by atoms with Gasteiger partial charge in [0.2, 0.25) is 5.91 Å². The zero-order valence-corrected chi connectivity index (χ0v) is 27.7. The van der Waals surface area contributed by atoms with E-state index < -0.39 is 82.2 Å². The van der Waals surface area contributed by atoms with Crippen LogP contribution in [0, 0.1) is 31.4 Å². The van der Waals surface area contributed by atoms with Crippen molar-refractivity contribution in [2.75, 3.05) is 19.6 Å². The van der Waals surface area contributed by atoms with Gasteiger partial charge >= 0.3 is 18.3 Å². The van der Waals surface area contributed by atoms with Crippen LogP contribution in [0.1, 0.15) is 78.6 Å². The maximum Gasteiger partial charge on any atom is 0.416 e. The van der Waals surface area contributed by atoms with Gasteiger partial charge in [-0.25, -0.2) is 8.78 Å². The number of nitrogens with zero attached hydrogens (tertiary/aromatic N) is 2. The molecule has 2 N–H and O–H groups in total. The van der Waals surface area contributed by atoms with Gasteiger partial charge in [0.05, 0.1) is 23.6 Å². The van der Waals surface area contributed by atoms with Gasteiger partial charge < -0.3 is 19.9 Å². The molecule has 2 heterocycles. The first-order chi connectivity index (χ1) is 23.2. The summed E-state index contributed by atoms with van der Waals surface area (Å²) in [6.07, 6.45) is -9.46. The molecule has 0 aliphatic carbocycles. The van der Waals surface area contributed by atoms with E-state index in [-0.39, 0.29) is 47.6 Å². The molecule has 1 fully saturated rings. The Morgan fingerprint density at radius 1 is 0.940 bits per heavy atom. The van der Waals surface area contributed by atoms with E-state index in [9.17, 15) is 50.2 Å². The van der Waals surface area contributed by atoms with Crippen LogP contribution < -0.4 is 10.9 Å². The minimum atomic E-state index is -5.06. The summed E-state index contributed by atoms with van der Waals surface area (Å²) in [5.41, 5.74) is -5.33. The van der Waals surface area contributed by atoms with Crippen LogP contribution in [0.3, 0.4) is 0 Å². The fourth-order valence-corrected chi connectivity index (χ4v) is 6.24. The van der Waals surface area contributed by atoms with Crippen molar-refractivity contribution in [3.63, 3.8) is 0 Å². The van der Waals surface area contributed by atoms with Crippen LogP contribution in [0.2, 0.25) is 0 Å². The van der Waals surface area contributed by atoms with Gasteiger partial charge in [-0.2, -0.15) is 26.3 Å². The summed E-state index contributed by atoms with van der Waals surface area (Å²) in [4.78, 5) is 41.0. The van der Waals surface area contributed by atoms with Gasteiger partial charge in [0.15, 0.2) is 0 Å². The Bertz CT molecular complexity index is 1790. The molecular formula is C35H37F8N3O4. The van der Waals surface area contributed by atoms with Crippen molar-refractivity contribution in [3.8, 4) is 11.1 Å². The lowest BCUT2D eigenvalue weighted by Gasteiger charge is -2.31. The van der Waals surface area contributed by atoms with Gasteiger partial charge in [-0.1, -0.05) is 13.8 Å². The molecule has 1 aliphatic rings. The number of hydrogen-bond donors (Lipinski definition) is 2. The number of likely N-dealkylation sites (tertiary alicyclic amines) is 1. The molecule has 272 valence electrons. The molecule has 1 amide bonds. The Balaban J connectivity index is 1.84. The topological polar surface area (TPSA) is 91.6 Å². The van der Waals surface area contributed by atoms with Crippen LogP contribution in [-0.4, -0.2) is 46.1 Å². The van der Waals surface area contributed by atoms with Crippen molar-refractivity contribution in [1.29, 1.82) is 0 Å². The second kappa shape index (κ2) is 14.9. The van der Waals surface area contributed by atoms with Crippen LogP contribution in [0.5, 0.6) is 0 Å². The number of hydrogen-bond acceptors (Lipinski definition) is 4. The van der Waals surface area contributed by atoms with Crippen molar-refractivity contribution < 1.29 is 49.8 Å². The number of aryl methyl sites for hydroxylation is 2. The van der Waals surface area contributed by atoms with Crippen molar-refractivity contribution in [2.24, 2.45) is 5.92 Å². The molecule has 1 aliphatic heterocycles. The molecule has 3 aromatic rings. The average Bonchev–Trinajstić information content (AvgIpc) is 2.94. The van der Waals surface area contributed by atoms with E-state index >= 15 is 4.39 Å². The molecule has 0 saturated carbocycles. The Morgan fingerprint density at radius 2 is 1.56 bits per heavy atom. The van der Waals surface area contributed by atoms with Gasteiger partial charge in [0.25, 0.3) is 5.56 Å². The first kappa shape index (κ1) is 38.5. The first-order valence-corrected chi connectivity index (χ1v) is 15.9. The normalized spacial score (nSPS) is 15.1. The number of amides is 1. The van der Waals surface area contributed by atoms with E-state index in [1.165, 1.54) is 13.8 Å². The predicted molar refractivity (Wildman–Crippen MR) is 168 cm³/mol. The monoisotopic (exact) mass is 715 g/mol. The number of benzene rings is 2. The van der Waals surface area contributed by atoms with Gasteiger partial charge in [-0.3, -0.25) is 14.4 Å². The highest BCUT2D eigenvalue weighted by Crippen LogP contribution is 2.40. The SMILES string of the molecule is Cc1cc(F)cc(C)c1-c1cc(C(F)(F)F)cc([C@H](CC(=O)O)NC(=O)C(CC(C)C)n2cc(CCN3CCC3)c(C(F)(F)F)cc2=O)c1F. The Kier molecular flexibility index (Phi) is 11.5. The summed E-state index contributed by atoms with van der Waals surface area (Å²) in [7, 11) is 0. The molecule has 1 aromatic heterocycles. The van der Waals surface area contributed by atoms with E-state index in [2.05, 4.69) is 5.32 Å². The number of pyridine rings is 1. The van der Waals surface area contributed by atoms with Crippen LogP contribution in [0.15, 0.2) is 41.3 Å². The highest BCUT2D eigenvalue weighted by atomic mass is 19.4. The van der Waals surface area contributed by atoms with Crippen molar-refractivity contribution in [1.82, 2.24) is 14.8 Å². The summed E-state index contributed by atoms with van der Waals surface area (Å²) in [6, 6.07) is -0.213. The molecule has 7 nitrogen and oxygen atoms in total. The molecule has 15 heteroatoms. The number of aliphatic carboxylic acids is 1. The molecule has 2 aromatic carbocycles. The van der Waals surface area contributed by atoms with Gasteiger partial charge in [0, 0.05) is 29.9 Å². The summed E-state index contributed by atoms with van der Waals surface area (Å²) in [6.45, 7) is 7.67. The molecule has 1 unspecified atom stereocenters. The first-order valence-electron chi connectivity index (χ1n) is 15.9. The van der Waals surface area contributed by atoms with Crippen molar-refractivity contribution >= 4 is 11.9 Å². The molecule has 4 rings (SSSR count). The zero-order chi connectivity index (χ0) is 37.3. The Morgan fingerprint density at radius 3 is 2.06 bits per heavy atom. The lowest BCUT2D eigenvalue weighted by Crippen LogP contribution is -2.41. The van der Waals surface area contributed by atoms with E-state index in [1.807, 2.05) is 4.90 Å². The average molecular weight is 716 g/mol. The molecular weight excluding hydrogens is 678 g/mol. The van der Waals surface area contributed by atoms with Crippen LogP contribution in [0.4, 0.5) is 35.1 Å². The van der Waals surface area contributed by atoms with Crippen LogP contribution in [0.25, 0.3) is 11.1 Å². The van der Waals surface area contributed by atoms with E-state index in [4.69, 9.17) is 0 Å². The largest absolute Gasteiger partial charge is 0.481 e. The quantitative estimate of drug-likeness (QED) is 0.189. The number of nitrogens with one attached hydrogen (secondary N) is 1. The van der Waals surface area contributed by atoms with Crippen molar-refractivity contribution in [2.45, 2.75) is 77.8 Å². The van der Waals surface area contributed by atoms with Crippen LogP contribution in [-0.2, 0) is 28.4 Å². The maximum atomic E-state index is 16.4. The van der Waals surface area contributed by atoms with E-state index in [0.29, 0.717) is 31.3 Å². The smallest absolute Gasteiger partial charge is 0.416 e. The number of rotatable bonds is 12. The number of carbonyl (C=O) groups excluding carboxylic acids is 1. The molecule has 0 radical (unpaired) electrons. The molecule has 0 bridgehead atoms. The number of halogens is 8. The number of carbonyl (C=O) groups is 2. The van der Waals surface area contributed by atoms with E-state index in [0.717, 1.165) is 29.3 Å². The third kappa shape index (κ3) is 8.90. The minimum absolute atomic E-state index is 0.0728. The lowest BCUT2D eigenvalue weighted by atomic mass is 9.89. The van der Waals surface area contributed by atoms with Crippen molar-refractivity contribution in [3.05, 3.63) is 91.9 Å². The zero-order valence-electron chi connectivity index (χ0n) is 27.7. The minimum Gasteiger partial charge on any atom is -0.481 e. The van der Waals surface area contributed by atoms with Gasteiger partial charge in [0.1, 0.15) is 17.7 Å². The third-order valence-corrected chi connectivity index (χ3v) is 8.71. The molecule has 2 atom stereocenters. The lowest BCUT2D eigenvalue weighted by molar-refractivity contribution is -0.139. The standard InChI is InChI=1S/C35H37F8N3O4/c1-18(2)10-28(46-17-21(6-9-45-7-5-8-45)26(15-29(46)47)35(41,42)43)33(50)44-27(16-30(48)49)24-13-22(34(38,39)40)14-25(32(24)37)31-19(3)11-23(36)12-20(31)4/h11-15,17-18,27-28H,5-10,16H2,1-4H3,(H,44,50)(H,48,49)/t27-,28?/m0/s1. The summed E-state index contributed by atoms with van der Waals surface area (Å²) in [5.74, 6) is -5.12. The number of carboxylic acids is 1. The molecule has 50 heavy (non-hydrogen) atoms. The number of alkyl halides is 6. The summed E-state index contributed by atoms with van der Waals surface area (Å²) in [5, 5.41) is 12.0. The second-order valence-corrected chi connectivity index (χ2v) is 13.0. The fraction of sp³-hybridized carbons (Fsp3) is 0.457. The third-order valence-electron chi connectivity index (χ3n) is 8.71. The Labute approximate surface area is 282 Å². The summed E-state index contributed by atoms with van der Waals surface area (Å²) < 4.78 is 116. The maximum absolute atomic E-state index is 16.4. The fourth-order valence-electron chi connectivity index (χ4n) is 6.24. The van der Waals surface area contributed by atoms with Gasteiger partial charge in [-0.05, 0) is 98.6 Å². The summed E-state index contributed by atoms with van der Waals surface area (Å²) >= 11 is 0. The number of carboxylic acid groups (broad SMARTS) is 1. The molecule has 0 spiro atoms. The van der Waals surface area contributed by atoms with Gasteiger partial charge in [-0.15, -0.1) is 0 Å². The highest BCUT2D eigenvalue weighted by molar-refractivity contribution is 5.82. The van der Waals surface area contributed by atoms with Crippen LogP contribution >= 0.6 is 0 Å². The molecule has 1 saturated heterocycles. The Hall–Kier alpha value is -4.27. The highest BCUT2D eigenvalue weighted by Gasteiger charge is 2.38. The van der Waals surface area contributed by atoms with E-state index in [1.54, 1.807) is 13.8 Å². The second-order valence-electron chi connectivity index (χ2n) is 13.0. The predicted octanol–water partition coefficient (Wildman–Crippen LogP) is 7.62.